The van der Waals surface area contributed by atoms with Crippen LogP contribution >= 0.6 is 0 Å². The van der Waals surface area contributed by atoms with Crippen molar-refractivity contribution < 1.29 is 28.5 Å². The summed E-state index contributed by atoms with van der Waals surface area (Å²) in [6.07, 6.45) is 0. The molecule has 0 fully saturated rings. The van der Waals surface area contributed by atoms with Crippen molar-refractivity contribution in [3.63, 3.8) is 0 Å². The Bertz CT molecular complexity index is 1020. The molecule has 184 valence electrons. The number of esters is 2. The summed E-state index contributed by atoms with van der Waals surface area (Å²) in [5, 5.41) is 0. The van der Waals surface area contributed by atoms with E-state index < -0.39 is 23.4 Å². The monoisotopic (exact) mass is 477 g/mol. The second-order valence-electron chi connectivity index (χ2n) is 7.91. The molecular formula is C28H31NO6. The number of rotatable bonds is 11. The maximum absolute atomic E-state index is 13.6. The molecule has 0 aliphatic heterocycles. The lowest BCUT2D eigenvalue weighted by atomic mass is 10.0. The normalized spacial score (nSPS) is 14.1. The third kappa shape index (κ3) is 5.74. The lowest BCUT2D eigenvalue weighted by molar-refractivity contribution is -0.173. The van der Waals surface area contributed by atoms with Crippen molar-refractivity contribution in [3.05, 3.63) is 91.0 Å². The van der Waals surface area contributed by atoms with Gasteiger partial charge in [0, 0.05) is 19.5 Å². The minimum atomic E-state index is -1.82. The molecule has 0 radical (unpaired) electrons. The Morgan fingerprint density at radius 3 is 1.31 bits per heavy atom. The second-order valence-corrected chi connectivity index (χ2v) is 7.91. The van der Waals surface area contributed by atoms with E-state index >= 15 is 0 Å². The van der Waals surface area contributed by atoms with Crippen LogP contribution in [0.5, 0.6) is 11.5 Å². The van der Waals surface area contributed by atoms with E-state index in [1.807, 2.05) is 18.2 Å². The van der Waals surface area contributed by atoms with E-state index in [4.69, 9.17) is 18.9 Å². The van der Waals surface area contributed by atoms with Crippen LogP contribution in [0.2, 0.25) is 0 Å². The molecule has 0 aliphatic rings. The molecule has 0 heterocycles. The molecule has 0 saturated heterocycles. The van der Waals surface area contributed by atoms with Gasteiger partial charge in [0.05, 0.1) is 13.2 Å². The third-order valence-corrected chi connectivity index (χ3v) is 5.30. The minimum Gasteiger partial charge on any atom is -0.462 e. The van der Waals surface area contributed by atoms with E-state index in [2.05, 4.69) is 0 Å². The summed E-state index contributed by atoms with van der Waals surface area (Å²) in [5.41, 5.74) is -3.16. The van der Waals surface area contributed by atoms with Crippen molar-refractivity contribution in [2.24, 2.45) is 0 Å². The SMILES string of the molecule is CCOC(=O)C(C)(Oc1ccccc1)N(c1ccccc1)C(C)(Oc1ccccc1)C(=O)OCC. The molecule has 0 aromatic heterocycles. The quantitative estimate of drug-likeness (QED) is 0.277. The average Bonchev–Trinajstić information content (AvgIpc) is 2.86. The van der Waals surface area contributed by atoms with Gasteiger partial charge in [-0.25, -0.2) is 9.59 Å². The fraction of sp³-hybridized carbons (Fsp3) is 0.286. The van der Waals surface area contributed by atoms with Crippen molar-refractivity contribution in [3.8, 4) is 11.5 Å². The smallest absolute Gasteiger partial charge is 0.372 e. The zero-order chi connectivity index (χ0) is 25.3. The molecule has 7 nitrogen and oxygen atoms in total. The Balaban J connectivity index is 2.26. The van der Waals surface area contributed by atoms with Crippen LogP contribution in [-0.2, 0) is 19.1 Å². The first-order valence-electron chi connectivity index (χ1n) is 11.5. The predicted molar refractivity (Wildman–Crippen MR) is 133 cm³/mol. The highest BCUT2D eigenvalue weighted by molar-refractivity contribution is 5.90. The van der Waals surface area contributed by atoms with Crippen LogP contribution in [0.25, 0.3) is 0 Å². The highest BCUT2D eigenvalue weighted by Crippen LogP contribution is 2.37. The molecule has 3 aromatic rings. The number of hydrogen-bond acceptors (Lipinski definition) is 7. The Hall–Kier alpha value is -4.00. The van der Waals surface area contributed by atoms with E-state index in [0.717, 1.165) is 0 Å². The van der Waals surface area contributed by atoms with Gasteiger partial charge in [0.1, 0.15) is 11.5 Å². The Morgan fingerprint density at radius 2 is 0.971 bits per heavy atom. The summed E-state index contributed by atoms with van der Waals surface area (Å²) in [6, 6.07) is 26.7. The summed E-state index contributed by atoms with van der Waals surface area (Å²) >= 11 is 0. The van der Waals surface area contributed by atoms with Crippen molar-refractivity contribution in [2.75, 3.05) is 18.1 Å². The number of nitrogens with zero attached hydrogens (tertiary/aromatic N) is 1. The van der Waals surface area contributed by atoms with Crippen LogP contribution in [0.1, 0.15) is 27.7 Å². The number of ether oxygens (including phenoxy) is 4. The van der Waals surface area contributed by atoms with Crippen LogP contribution in [-0.4, -0.2) is 36.6 Å². The maximum Gasteiger partial charge on any atom is 0.372 e. The van der Waals surface area contributed by atoms with Crippen LogP contribution in [0.4, 0.5) is 5.69 Å². The molecule has 2 unspecified atom stereocenters. The average molecular weight is 478 g/mol. The first-order valence-corrected chi connectivity index (χ1v) is 11.5. The fourth-order valence-corrected chi connectivity index (χ4v) is 3.80. The third-order valence-electron chi connectivity index (χ3n) is 5.30. The largest absolute Gasteiger partial charge is 0.462 e. The summed E-state index contributed by atoms with van der Waals surface area (Å²) in [5.74, 6) is -0.565. The van der Waals surface area contributed by atoms with Gasteiger partial charge in [-0.3, -0.25) is 4.90 Å². The number of anilines is 1. The van der Waals surface area contributed by atoms with Gasteiger partial charge in [0.25, 0.3) is 11.4 Å². The molecule has 35 heavy (non-hydrogen) atoms. The zero-order valence-corrected chi connectivity index (χ0v) is 20.5. The number of carbonyl (C=O) groups is 2. The van der Waals surface area contributed by atoms with Gasteiger partial charge < -0.3 is 18.9 Å². The highest BCUT2D eigenvalue weighted by atomic mass is 16.6. The van der Waals surface area contributed by atoms with Gasteiger partial charge in [0.2, 0.25) is 0 Å². The van der Waals surface area contributed by atoms with Crippen LogP contribution < -0.4 is 14.4 Å². The molecule has 0 spiro atoms. The van der Waals surface area contributed by atoms with E-state index in [-0.39, 0.29) is 13.2 Å². The predicted octanol–water partition coefficient (Wildman–Crippen LogP) is 5.21. The topological polar surface area (TPSA) is 74.3 Å². The van der Waals surface area contributed by atoms with Gasteiger partial charge >= 0.3 is 11.9 Å². The molecule has 0 N–H and O–H groups in total. The highest BCUT2D eigenvalue weighted by Gasteiger charge is 2.57. The standard InChI is InChI=1S/C28H31NO6/c1-5-32-25(30)27(3,34-23-18-12-8-13-19-23)29(22-16-10-7-11-17-22)28(4,26(31)33-6-2)35-24-20-14-9-15-21-24/h7-21H,5-6H2,1-4H3. The Labute approximate surface area is 206 Å². The number of benzene rings is 3. The van der Waals surface area contributed by atoms with Crippen molar-refractivity contribution in [2.45, 2.75) is 39.1 Å². The van der Waals surface area contributed by atoms with E-state index in [1.54, 1.807) is 100 Å². The van der Waals surface area contributed by atoms with Gasteiger partial charge in [-0.1, -0.05) is 54.6 Å². The lowest BCUT2D eigenvalue weighted by Gasteiger charge is -2.48. The van der Waals surface area contributed by atoms with Gasteiger partial charge in [-0.2, -0.15) is 0 Å². The van der Waals surface area contributed by atoms with Crippen LogP contribution in [0.15, 0.2) is 91.0 Å². The molecule has 0 amide bonds. The van der Waals surface area contributed by atoms with Crippen LogP contribution in [0, 0.1) is 0 Å². The summed E-state index contributed by atoms with van der Waals surface area (Å²) < 4.78 is 23.5. The molecular weight excluding hydrogens is 446 g/mol. The number of hydrogen-bond donors (Lipinski definition) is 0. The van der Waals surface area contributed by atoms with E-state index in [0.29, 0.717) is 17.2 Å². The molecule has 2 atom stereocenters. The summed E-state index contributed by atoms with van der Waals surface area (Å²) in [6.45, 7) is 6.75. The maximum atomic E-state index is 13.6. The Morgan fingerprint density at radius 1 is 0.629 bits per heavy atom. The molecule has 0 aliphatic carbocycles. The van der Waals surface area contributed by atoms with Gasteiger partial charge in [0.15, 0.2) is 0 Å². The van der Waals surface area contributed by atoms with Gasteiger partial charge in [-0.05, 0) is 50.2 Å². The number of carbonyl (C=O) groups excluding carboxylic acids is 2. The molecule has 0 bridgehead atoms. The summed E-state index contributed by atoms with van der Waals surface area (Å²) in [7, 11) is 0. The van der Waals surface area contributed by atoms with E-state index in [1.165, 1.54) is 4.90 Å². The van der Waals surface area contributed by atoms with Crippen molar-refractivity contribution in [1.29, 1.82) is 0 Å². The van der Waals surface area contributed by atoms with Crippen molar-refractivity contribution >= 4 is 17.6 Å². The second kappa shape index (κ2) is 11.4. The van der Waals surface area contributed by atoms with Crippen LogP contribution in [0.3, 0.4) is 0 Å². The molecule has 3 rings (SSSR count). The number of para-hydroxylation sites is 3. The van der Waals surface area contributed by atoms with Gasteiger partial charge in [-0.15, -0.1) is 0 Å². The Kier molecular flexibility index (Phi) is 8.36. The molecule has 7 heteroatoms. The zero-order valence-electron chi connectivity index (χ0n) is 20.5. The molecule has 3 aromatic carbocycles. The summed E-state index contributed by atoms with van der Waals surface area (Å²) in [4.78, 5) is 28.6. The first-order chi connectivity index (χ1) is 16.8. The van der Waals surface area contributed by atoms with Crippen molar-refractivity contribution in [1.82, 2.24) is 0 Å². The fourth-order valence-electron chi connectivity index (χ4n) is 3.80. The lowest BCUT2D eigenvalue weighted by Crippen LogP contribution is -2.70. The molecule has 0 saturated carbocycles. The first kappa shape index (κ1) is 25.6. The minimum absolute atomic E-state index is 0.116. The van der Waals surface area contributed by atoms with E-state index in [9.17, 15) is 9.59 Å².